The minimum Gasteiger partial charge on any atom is -0.480 e. The van der Waals surface area contributed by atoms with E-state index < -0.39 is 23.9 Å². The number of nitrogens with one attached hydrogen (secondary N) is 1. The van der Waals surface area contributed by atoms with Gasteiger partial charge >= 0.3 is 12.0 Å². The number of methoxy groups -OCH3 is 1. The third-order valence-electron chi connectivity index (χ3n) is 2.51. The van der Waals surface area contributed by atoms with Gasteiger partial charge in [-0.25, -0.2) is 9.59 Å². The fourth-order valence-electron chi connectivity index (χ4n) is 1.39. The maximum Gasteiger partial charge on any atom is 0.326 e. The number of carboxylic acids is 1. The highest BCUT2D eigenvalue weighted by Gasteiger charge is 2.22. The van der Waals surface area contributed by atoms with Crippen LogP contribution in [-0.2, 0) is 14.3 Å². The number of hydrogen-bond acceptors (Lipinski definition) is 4. The Balaban J connectivity index is 4.42. The number of ether oxygens (including phenoxy) is 1. The van der Waals surface area contributed by atoms with E-state index in [-0.39, 0.29) is 12.8 Å². The molecule has 8 heteroatoms. The average Bonchev–Trinajstić information content (AvgIpc) is 2.34. The van der Waals surface area contributed by atoms with E-state index in [0.717, 1.165) is 0 Å². The quantitative estimate of drug-likeness (QED) is 0.518. The summed E-state index contributed by atoms with van der Waals surface area (Å²) in [7, 11) is 1.51. The fourth-order valence-corrected chi connectivity index (χ4v) is 1.39. The third kappa shape index (κ3) is 7.24. The molecule has 0 spiro atoms. The van der Waals surface area contributed by atoms with Crippen molar-refractivity contribution in [3.63, 3.8) is 0 Å². The van der Waals surface area contributed by atoms with Crippen LogP contribution in [0.4, 0.5) is 4.79 Å². The number of amides is 3. The van der Waals surface area contributed by atoms with Gasteiger partial charge in [0.05, 0.1) is 6.61 Å². The molecule has 0 aromatic carbocycles. The Hall–Kier alpha value is -1.83. The molecular formula is C11H21N3O5. The van der Waals surface area contributed by atoms with Crippen LogP contribution in [0, 0.1) is 0 Å². The van der Waals surface area contributed by atoms with Crippen LogP contribution < -0.4 is 11.1 Å². The first-order chi connectivity index (χ1) is 8.92. The van der Waals surface area contributed by atoms with Crippen LogP contribution >= 0.6 is 0 Å². The van der Waals surface area contributed by atoms with Gasteiger partial charge in [-0.05, 0) is 13.3 Å². The second-order valence-corrected chi connectivity index (χ2v) is 3.92. The number of urea groups is 1. The molecule has 0 aliphatic rings. The molecule has 0 aromatic heterocycles. The highest BCUT2D eigenvalue weighted by atomic mass is 16.5. The van der Waals surface area contributed by atoms with Crippen LogP contribution in [0.15, 0.2) is 0 Å². The Kier molecular flexibility index (Phi) is 8.27. The lowest BCUT2D eigenvalue weighted by Crippen LogP contribution is -2.49. The van der Waals surface area contributed by atoms with Gasteiger partial charge in [0.2, 0.25) is 5.91 Å². The molecule has 0 bridgehead atoms. The zero-order chi connectivity index (χ0) is 14.8. The number of carbonyl (C=O) groups is 3. The molecule has 0 aliphatic heterocycles. The smallest absolute Gasteiger partial charge is 0.326 e. The number of rotatable bonds is 9. The number of primary amides is 1. The second-order valence-electron chi connectivity index (χ2n) is 3.92. The Morgan fingerprint density at radius 1 is 1.42 bits per heavy atom. The fraction of sp³-hybridized carbons (Fsp3) is 0.727. The van der Waals surface area contributed by atoms with Crippen molar-refractivity contribution < 1.29 is 24.2 Å². The predicted molar refractivity (Wildman–Crippen MR) is 67.5 cm³/mol. The number of nitrogens with two attached hydrogens (primary N) is 1. The van der Waals surface area contributed by atoms with E-state index in [1.54, 1.807) is 6.92 Å². The maximum atomic E-state index is 11.8. The Morgan fingerprint density at radius 2 is 2.05 bits per heavy atom. The van der Waals surface area contributed by atoms with E-state index in [9.17, 15) is 14.4 Å². The van der Waals surface area contributed by atoms with Crippen molar-refractivity contribution in [2.45, 2.75) is 25.8 Å². The average molecular weight is 275 g/mol. The number of carboxylic acid groups (broad SMARTS) is 1. The molecule has 0 aliphatic carbocycles. The van der Waals surface area contributed by atoms with Gasteiger partial charge in [0.1, 0.15) is 6.04 Å². The van der Waals surface area contributed by atoms with Gasteiger partial charge in [-0.3, -0.25) is 4.79 Å². The van der Waals surface area contributed by atoms with Crippen molar-refractivity contribution in [1.82, 2.24) is 10.2 Å². The van der Waals surface area contributed by atoms with Crippen molar-refractivity contribution in [2.24, 2.45) is 5.73 Å². The first-order valence-electron chi connectivity index (χ1n) is 5.97. The molecule has 1 atom stereocenters. The highest BCUT2D eigenvalue weighted by molar-refractivity contribution is 5.83. The summed E-state index contributed by atoms with van der Waals surface area (Å²) >= 11 is 0. The van der Waals surface area contributed by atoms with Crippen LogP contribution in [0.3, 0.4) is 0 Å². The zero-order valence-corrected chi connectivity index (χ0v) is 11.2. The Labute approximate surface area is 111 Å². The number of nitrogens with zero attached hydrogens (tertiary/aromatic N) is 1. The summed E-state index contributed by atoms with van der Waals surface area (Å²) in [4.78, 5) is 34.8. The molecule has 0 aromatic rings. The molecule has 0 radical (unpaired) electrons. The summed E-state index contributed by atoms with van der Waals surface area (Å²) in [5.41, 5.74) is 4.95. The molecule has 0 rings (SSSR count). The predicted octanol–water partition coefficient (Wildman–Crippen LogP) is -0.617. The standard InChI is InChI=1S/C11H21N3O5/c1-3-14(6-7-19-2)11(18)13-8(10(16)17)4-5-9(12)15/h8H,3-7H2,1-2H3,(H2,12,15)(H,13,18)(H,16,17). The van der Waals surface area contributed by atoms with E-state index in [1.165, 1.54) is 12.0 Å². The van der Waals surface area contributed by atoms with E-state index in [4.69, 9.17) is 15.6 Å². The number of aliphatic carboxylic acids is 1. The maximum absolute atomic E-state index is 11.8. The Morgan fingerprint density at radius 3 is 2.47 bits per heavy atom. The molecule has 110 valence electrons. The molecule has 1 unspecified atom stereocenters. The lowest BCUT2D eigenvalue weighted by atomic mass is 10.1. The first-order valence-corrected chi connectivity index (χ1v) is 5.97. The molecule has 19 heavy (non-hydrogen) atoms. The van der Waals surface area contributed by atoms with Crippen LogP contribution in [0.25, 0.3) is 0 Å². The van der Waals surface area contributed by atoms with Crippen LogP contribution in [0.1, 0.15) is 19.8 Å². The SMILES string of the molecule is CCN(CCOC)C(=O)NC(CCC(N)=O)C(=O)O. The van der Waals surface area contributed by atoms with Crippen LogP contribution in [0.2, 0.25) is 0 Å². The largest absolute Gasteiger partial charge is 0.480 e. The van der Waals surface area contributed by atoms with E-state index >= 15 is 0 Å². The Bertz CT molecular complexity index is 321. The van der Waals surface area contributed by atoms with Gasteiger partial charge in [-0.15, -0.1) is 0 Å². The topological polar surface area (TPSA) is 122 Å². The van der Waals surface area contributed by atoms with Crippen molar-refractivity contribution in [2.75, 3.05) is 26.8 Å². The van der Waals surface area contributed by atoms with Crippen molar-refractivity contribution in [1.29, 1.82) is 0 Å². The molecule has 8 nitrogen and oxygen atoms in total. The summed E-state index contributed by atoms with van der Waals surface area (Å²) in [6.45, 7) is 2.92. The molecular weight excluding hydrogens is 254 g/mol. The monoisotopic (exact) mass is 275 g/mol. The van der Waals surface area contributed by atoms with Crippen molar-refractivity contribution in [3.05, 3.63) is 0 Å². The van der Waals surface area contributed by atoms with Gasteiger partial charge in [0.15, 0.2) is 0 Å². The van der Waals surface area contributed by atoms with Crippen LogP contribution in [0.5, 0.6) is 0 Å². The molecule has 0 saturated carbocycles. The summed E-state index contributed by atoms with van der Waals surface area (Å²) in [6.07, 6.45) is -0.125. The summed E-state index contributed by atoms with van der Waals surface area (Å²) < 4.78 is 4.86. The van der Waals surface area contributed by atoms with Gasteiger partial charge in [-0.2, -0.15) is 0 Å². The van der Waals surface area contributed by atoms with Gasteiger partial charge in [-0.1, -0.05) is 0 Å². The van der Waals surface area contributed by atoms with E-state index in [0.29, 0.717) is 19.7 Å². The molecule has 0 saturated heterocycles. The first kappa shape index (κ1) is 17.2. The summed E-state index contributed by atoms with van der Waals surface area (Å²) in [5, 5.41) is 11.3. The lowest BCUT2D eigenvalue weighted by Gasteiger charge is -2.23. The highest BCUT2D eigenvalue weighted by Crippen LogP contribution is 1.99. The normalized spacial score (nSPS) is 11.7. The molecule has 4 N–H and O–H groups in total. The molecule has 0 fully saturated rings. The zero-order valence-electron chi connectivity index (χ0n) is 11.2. The van der Waals surface area contributed by atoms with Gasteiger partial charge in [0.25, 0.3) is 0 Å². The van der Waals surface area contributed by atoms with Crippen molar-refractivity contribution >= 4 is 17.9 Å². The second kappa shape index (κ2) is 9.15. The number of hydrogen-bond donors (Lipinski definition) is 3. The number of carbonyl (C=O) groups excluding carboxylic acids is 2. The lowest BCUT2D eigenvalue weighted by molar-refractivity contribution is -0.139. The minimum atomic E-state index is -1.20. The molecule has 3 amide bonds. The van der Waals surface area contributed by atoms with Gasteiger partial charge in [0, 0.05) is 26.6 Å². The van der Waals surface area contributed by atoms with Gasteiger partial charge < -0.3 is 25.8 Å². The number of likely N-dealkylation sites (N-methyl/N-ethyl adjacent to an activating group) is 1. The van der Waals surface area contributed by atoms with E-state index in [1.807, 2.05) is 0 Å². The summed E-state index contributed by atoms with van der Waals surface area (Å²) in [6, 6.07) is -1.63. The van der Waals surface area contributed by atoms with Crippen molar-refractivity contribution in [3.8, 4) is 0 Å². The minimum absolute atomic E-state index is 0.0295. The van der Waals surface area contributed by atoms with Crippen LogP contribution in [-0.4, -0.2) is 60.8 Å². The molecule has 0 heterocycles. The third-order valence-corrected chi connectivity index (χ3v) is 2.51. The summed E-state index contributed by atoms with van der Waals surface area (Å²) in [5.74, 6) is -1.80. The van der Waals surface area contributed by atoms with E-state index in [2.05, 4.69) is 5.32 Å².